The zero-order valence-corrected chi connectivity index (χ0v) is 28.2. The van der Waals surface area contributed by atoms with Crippen molar-refractivity contribution in [2.75, 3.05) is 25.4 Å². The maximum atomic E-state index is 13.6. The molecule has 0 aliphatic carbocycles. The second-order valence-corrected chi connectivity index (χ2v) is 14.8. The number of likely N-dealkylation sites (tertiary alicyclic amines) is 1. The van der Waals surface area contributed by atoms with E-state index in [1.807, 2.05) is 38.1 Å². The predicted molar refractivity (Wildman–Crippen MR) is 178 cm³/mol. The van der Waals surface area contributed by atoms with E-state index in [9.17, 15) is 18.0 Å². The van der Waals surface area contributed by atoms with Crippen LogP contribution < -0.4 is 20.5 Å². The van der Waals surface area contributed by atoms with Crippen molar-refractivity contribution >= 4 is 50.8 Å². The summed E-state index contributed by atoms with van der Waals surface area (Å²) in [4.78, 5) is 32.7. The average Bonchev–Trinajstić information content (AvgIpc) is 2.99. The fourth-order valence-corrected chi connectivity index (χ4v) is 7.10. The number of nitrogens with two attached hydrogens (primary N) is 1. The molecule has 0 spiro atoms. The number of pyridine rings is 1. The fourth-order valence-electron chi connectivity index (χ4n) is 6.08. The summed E-state index contributed by atoms with van der Waals surface area (Å²) in [5.41, 5.74) is 6.97. The number of hydrogen-bond acceptors (Lipinski definition) is 7. The lowest BCUT2D eigenvalue weighted by atomic mass is 9.64. The Balaban J connectivity index is 0.00000461. The Morgan fingerprint density at radius 2 is 1.78 bits per heavy atom. The van der Waals surface area contributed by atoms with Crippen molar-refractivity contribution in [1.82, 2.24) is 19.9 Å². The van der Waals surface area contributed by atoms with E-state index in [-0.39, 0.29) is 41.0 Å². The van der Waals surface area contributed by atoms with Crippen LogP contribution in [0.3, 0.4) is 0 Å². The Bertz CT molecular complexity index is 1690. The van der Waals surface area contributed by atoms with Crippen LogP contribution in [0, 0.1) is 5.41 Å². The molecule has 244 valence electrons. The predicted octanol–water partition coefficient (Wildman–Crippen LogP) is 4.56. The highest BCUT2D eigenvalue weighted by Crippen LogP contribution is 2.52. The van der Waals surface area contributed by atoms with Gasteiger partial charge >= 0.3 is 0 Å². The second-order valence-electron chi connectivity index (χ2n) is 13.0. The van der Waals surface area contributed by atoms with Gasteiger partial charge in [0.25, 0.3) is 0 Å². The summed E-state index contributed by atoms with van der Waals surface area (Å²) in [5.74, 6) is 0.346. The zero-order valence-electron chi connectivity index (χ0n) is 26.6. The molecule has 12 heteroatoms. The van der Waals surface area contributed by atoms with E-state index in [4.69, 9.17) is 10.5 Å². The number of carbonyl (C=O) groups excluding carboxylic acids is 2. The Hall–Kier alpha value is -3.41. The van der Waals surface area contributed by atoms with Gasteiger partial charge in [-0.05, 0) is 79.8 Å². The van der Waals surface area contributed by atoms with E-state index < -0.39 is 34.1 Å². The van der Waals surface area contributed by atoms with E-state index >= 15 is 0 Å². The van der Waals surface area contributed by atoms with Gasteiger partial charge in [0.2, 0.25) is 21.8 Å². The van der Waals surface area contributed by atoms with Crippen molar-refractivity contribution in [2.45, 2.75) is 82.8 Å². The smallest absolute Gasteiger partial charge is 0.245 e. The molecule has 5 rings (SSSR count). The van der Waals surface area contributed by atoms with Gasteiger partial charge in [0.1, 0.15) is 23.2 Å². The molecular weight excluding hydrogens is 614 g/mol. The SMILES string of the molecule is CC1c2cc(S(=O)(=O)NCC(=O)NC(Cc3ccc4c(N)nccc4c3)C(=O)N3CCCCC3)ccc2OC(C)(C)C1(C)C.Cl. The van der Waals surface area contributed by atoms with Crippen LogP contribution in [0.1, 0.15) is 70.9 Å². The number of piperidine rings is 1. The molecule has 3 heterocycles. The van der Waals surface area contributed by atoms with Gasteiger partial charge in [-0.3, -0.25) is 9.59 Å². The van der Waals surface area contributed by atoms with Crippen molar-refractivity contribution in [3.8, 4) is 5.75 Å². The minimum Gasteiger partial charge on any atom is -0.487 e. The number of carbonyl (C=O) groups is 2. The lowest BCUT2D eigenvalue weighted by molar-refractivity contribution is -0.137. The summed E-state index contributed by atoms with van der Waals surface area (Å²) in [6.07, 6.45) is 4.76. The van der Waals surface area contributed by atoms with Crippen molar-refractivity contribution in [2.24, 2.45) is 5.41 Å². The molecule has 2 aliphatic rings. The Morgan fingerprint density at radius 3 is 2.49 bits per heavy atom. The number of aromatic nitrogens is 1. The molecule has 1 fully saturated rings. The summed E-state index contributed by atoms with van der Waals surface area (Å²) >= 11 is 0. The van der Waals surface area contributed by atoms with Gasteiger partial charge in [-0.15, -0.1) is 12.4 Å². The first-order chi connectivity index (χ1) is 20.7. The number of benzene rings is 2. The Labute approximate surface area is 271 Å². The van der Waals surface area contributed by atoms with E-state index in [0.717, 1.165) is 41.2 Å². The van der Waals surface area contributed by atoms with Crippen molar-refractivity contribution in [3.05, 3.63) is 59.8 Å². The van der Waals surface area contributed by atoms with Crippen LogP contribution in [0.25, 0.3) is 10.8 Å². The molecule has 2 unspecified atom stereocenters. The second kappa shape index (κ2) is 13.1. The van der Waals surface area contributed by atoms with E-state index in [1.54, 1.807) is 23.2 Å². The number of nitrogen functional groups attached to an aromatic ring is 1. The summed E-state index contributed by atoms with van der Waals surface area (Å²) < 4.78 is 35.3. The summed E-state index contributed by atoms with van der Waals surface area (Å²) in [6, 6.07) is 11.5. The average molecular weight is 658 g/mol. The highest BCUT2D eigenvalue weighted by atomic mass is 35.5. The molecule has 0 saturated carbocycles. The molecule has 3 aromatic rings. The van der Waals surface area contributed by atoms with E-state index in [0.29, 0.717) is 24.7 Å². The van der Waals surface area contributed by atoms with Gasteiger partial charge in [-0.1, -0.05) is 39.0 Å². The van der Waals surface area contributed by atoms with Crippen LogP contribution in [-0.4, -0.2) is 61.4 Å². The van der Waals surface area contributed by atoms with Crippen molar-refractivity contribution in [3.63, 3.8) is 0 Å². The first kappa shape index (κ1) is 34.5. The molecule has 4 N–H and O–H groups in total. The van der Waals surface area contributed by atoms with Crippen LogP contribution in [0.5, 0.6) is 5.75 Å². The van der Waals surface area contributed by atoms with E-state index in [1.165, 1.54) is 6.07 Å². The van der Waals surface area contributed by atoms with Gasteiger partial charge in [-0.25, -0.2) is 18.1 Å². The van der Waals surface area contributed by atoms with Gasteiger partial charge in [0.05, 0.1) is 11.4 Å². The number of hydrogen-bond donors (Lipinski definition) is 3. The highest BCUT2D eigenvalue weighted by Gasteiger charge is 2.48. The molecule has 0 bridgehead atoms. The Morgan fingerprint density at radius 1 is 1.07 bits per heavy atom. The molecule has 45 heavy (non-hydrogen) atoms. The van der Waals surface area contributed by atoms with Crippen LogP contribution >= 0.6 is 12.4 Å². The lowest BCUT2D eigenvalue weighted by Gasteiger charge is -2.50. The third-order valence-electron chi connectivity index (χ3n) is 9.78. The van der Waals surface area contributed by atoms with Gasteiger partial charge in [0.15, 0.2) is 0 Å². The zero-order chi connectivity index (χ0) is 31.9. The quantitative estimate of drug-likeness (QED) is 0.322. The molecule has 2 aromatic carbocycles. The van der Waals surface area contributed by atoms with Gasteiger partial charge in [0, 0.05) is 36.5 Å². The van der Waals surface area contributed by atoms with Crippen LogP contribution in [-0.2, 0) is 26.0 Å². The molecule has 2 amide bonds. The third-order valence-corrected chi connectivity index (χ3v) is 11.2. The molecule has 0 radical (unpaired) electrons. The van der Waals surface area contributed by atoms with Crippen LogP contribution in [0.2, 0.25) is 0 Å². The number of fused-ring (bicyclic) bond motifs is 2. The van der Waals surface area contributed by atoms with Gasteiger partial charge < -0.3 is 20.7 Å². The maximum absolute atomic E-state index is 13.6. The largest absolute Gasteiger partial charge is 0.487 e. The minimum absolute atomic E-state index is 0. The fraction of sp³-hybridized carbons (Fsp3) is 0.485. The minimum atomic E-state index is -4.02. The molecule has 1 aromatic heterocycles. The normalized spacial score (nSPS) is 19.5. The Kier molecular flexibility index (Phi) is 10.1. The molecule has 2 aliphatic heterocycles. The summed E-state index contributed by atoms with van der Waals surface area (Å²) in [7, 11) is -4.02. The molecular formula is C33H44ClN5O5S. The van der Waals surface area contributed by atoms with Gasteiger partial charge in [-0.2, -0.15) is 0 Å². The topological polar surface area (TPSA) is 144 Å². The first-order valence-corrected chi connectivity index (χ1v) is 16.7. The maximum Gasteiger partial charge on any atom is 0.245 e. The summed E-state index contributed by atoms with van der Waals surface area (Å²) in [6.45, 7) is 11.1. The standard InChI is InChI=1S/C33H43N5O5S.ClH/c1-21-26-19-24(10-12-28(26)43-33(4,5)32(21,2)3)44(41,42)36-20-29(39)37-27(31(40)38-15-7-6-8-16-38)18-22-9-11-25-23(17-22)13-14-35-30(25)34;/h9-14,17,19,21,27,36H,6-8,15-16,18,20H2,1-5H3,(H2,34,35)(H,37,39);1H. The molecule has 10 nitrogen and oxygen atoms in total. The van der Waals surface area contributed by atoms with Crippen molar-refractivity contribution < 1.29 is 22.7 Å². The monoisotopic (exact) mass is 657 g/mol. The van der Waals surface area contributed by atoms with Crippen LogP contribution in [0.15, 0.2) is 53.6 Å². The van der Waals surface area contributed by atoms with Crippen molar-refractivity contribution in [1.29, 1.82) is 0 Å². The molecule has 1 saturated heterocycles. The number of ether oxygens (including phenoxy) is 1. The lowest BCUT2D eigenvalue weighted by Crippen LogP contribution is -2.52. The number of rotatable bonds is 8. The number of nitrogens with one attached hydrogen (secondary N) is 2. The van der Waals surface area contributed by atoms with E-state index in [2.05, 4.69) is 35.8 Å². The molecule has 2 atom stereocenters. The summed E-state index contributed by atoms with van der Waals surface area (Å²) in [5, 5.41) is 4.50. The number of amides is 2. The third kappa shape index (κ3) is 7.05. The first-order valence-electron chi connectivity index (χ1n) is 15.2. The van der Waals surface area contributed by atoms with Crippen LogP contribution in [0.4, 0.5) is 5.82 Å². The number of anilines is 1. The number of sulfonamides is 1. The highest BCUT2D eigenvalue weighted by molar-refractivity contribution is 7.89. The number of halogens is 1. The number of nitrogens with zero attached hydrogens (tertiary/aromatic N) is 2.